The predicted molar refractivity (Wildman–Crippen MR) is 127 cm³/mol. The van der Waals surface area contributed by atoms with Gasteiger partial charge in [-0.3, -0.25) is 4.79 Å². The molecule has 0 saturated carbocycles. The van der Waals surface area contributed by atoms with E-state index in [1.807, 2.05) is 19.2 Å². The number of nitrogens with zero attached hydrogens (tertiary/aromatic N) is 6. The number of aromatic nitrogens is 4. The van der Waals surface area contributed by atoms with Crippen molar-refractivity contribution < 1.29 is 18.7 Å². The van der Waals surface area contributed by atoms with E-state index in [0.29, 0.717) is 43.0 Å². The third kappa shape index (κ3) is 4.82. The second-order valence-corrected chi connectivity index (χ2v) is 8.79. The first-order valence-corrected chi connectivity index (χ1v) is 11.6. The van der Waals surface area contributed by atoms with Gasteiger partial charge in [-0.05, 0) is 31.4 Å². The molecule has 0 bridgehead atoms. The lowest BCUT2D eigenvalue weighted by molar-refractivity contribution is 0.0783. The summed E-state index contributed by atoms with van der Waals surface area (Å²) in [6.45, 7) is 6.47. The predicted octanol–water partition coefficient (Wildman–Crippen LogP) is 3.10. The number of carbonyl (C=O) groups is 1. The van der Waals surface area contributed by atoms with Crippen LogP contribution in [0.4, 0.5) is 5.69 Å². The zero-order valence-electron chi connectivity index (χ0n) is 20.1. The van der Waals surface area contributed by atoms with Crippen LogP contribution in [0.15, 0.2) is 41.6 Å². The zero-order valence-corrected chi connectivity index (χ0v) is 20.1. The molecule has 1 saturated heterocycles. The fourth-order valence-electron chi connectivity index (χ4n) is 4.54. The number of aryl methyl sites for hydroxylation is 2. The van der Waals surface area contributed by atoms with E-state index < -0.39 is 0 Å². The molecule has 35 heavy (non-hydrogen) atoms. The van der Waals surface area contributed by atoms with Crippen LogP contribution in [0.5, 0.6) is 11.8 Å². The van der Waals surface area contributed by atoms with Crippen molar-refractivity contribution in [3.63, 3.8) is 0 Å². The monoisotopic (exact) mass is 476 g/mol. The van der Waals surface area contributed by atoms with E-state index in [9.17, 15) is 4.79 Å². The van der Waals surface area contributed by atoms with Crippen LogP contribution in [0, 0.1) is 19.8 Å². The number of likely N-dealkylation sites (tertiary alicyclic amines) is 1. The molecule has 3 aromatic heterocycles. The van der Waals surface area contributed by atoms with Crippen LogP contribution in [-0.2, 0) is 13.0 Å². The first-order chi connectivity index (χ1) is 17.0. The molecule has 1 fully saturated rings. The summed E-state index contributed by atoms with van der Waals surface area (Å²) < 4.78 is 16.4. The lowest BCUT2D eigenvalue weighted by Crippen LogP contribution is -2.31. The molecule has 5 heterocycles. The SMILES string of the molecule is COc1ncc(N2CCc3ncnc(OC=CC4CCN(C(=O)c5coc(C)n5)C4)c3C2)cc1C. The Morgan fingerprint density at radius 1 is 1.20 bits per heavy atom. The highest BCUT2D eigenvalue weighted by atomic mass is 16.5. The number of hydrogen-bond acceptors (Lipinski definition) is 9. The summed E-state index contributed by atoms with van der Waals surface area (Å²) >= 11 is 0. The second-order valence-electron chi connectivity index (χ2n) is 8.79. The Hall–Kier alpha value is -3.95. The van der Waals surface area contributed by atoms with Gasteiger partial charge < -0.3 is 23.7 Å². The van der Waals surface area contributed by atoms with Crippen LogP contribution in [0.3, 0.4) is 0 Å². The number of rotatable bonds is 6. The minimum Gasteiger partial charge on any atom is -0.481 e. The molecule has 0 spiro atoms. The van der Waals surface area contributed by atoms with Gasteiger partial charge in [-0.1, -0.05) is 0 Å². The van der Waals surface area contributed by atoms with Crippen molar-refractivity contribution in [2.24, 2.45) is 5.92 Å². The van der Waals surface area contributed by atoms with Gasteiger partial charge in [-0.25, -0.2) is 19.9 Å². The molecule has 182 valence electrons. The summed E-state index contributed by atoms with van der Waals surface area (Å²) in [6, 6.07) is 2.08. The number of fused-ring (bicyclic) bond motifs is 1. The van der Waals surface area contributed by atoms with Crippen molar-refractivity contribution in [3.05, 3.63) is 65.6 Å². The first kappa shape index (κ1) is 22.8. The highest BCUT2D eigenvalue weighted by molar-refractivity contribution is 5.92. The molecule has 0 aromatic carbocycles. The average Bonchev–Trinajstić information content (AvgIpc) is 3.53. The molecule has 2 aliphatic heterocycles. The van der Waals surface area contributed by atoms with Gasteiger partial charge in [0.1, 0.15) is 12.6 Å². The molecule has 0 aliphatic carbocycles. The van der Waals surface area contributed by atoms with E-state index in [0.717, 1.165) is 41.9 Å². The number of pyridine rings is 1. The van der Waals surface area contributed by atoms with E-state index in [2.05, 4.69) is 30.9 Å². The number of oxazole rings is 1. The molecule has 5 rings (SSSR count). The normalized spacial score (nSPS) is 17.6. The molecular formula is C25H28N6O4. The van der Waals surface area contributed by atoms with Crippen molar-refractivity contribution in [1.82, 2.24) is 24.8 Å². The van der Waals surface area contributed by atoms with Gasteiger partial charge in [-0.2, -0.15) is 0 Å². The lowest BCUT2D eigenvalue weighted by atomic mass is 10.1. The largest absolute Gasteiger partial charge is 0.481 e. The standard InChI is InChI=1S/C25H28N6O4/c1-16-10-19(11-26-23(16)33-3)30-8-5-21-20(13-30)24(28-15-27-21)34-9-6-18-4-7-31(12-18)25(32)22-14-35-17(2)29-22/h6,9-11,14-15,18H,4-5,7-8,12-13H2,1-3H3. The van der Waals surface area contributed by atoms with Crippen molar-refractivity contribution in [2.75, 3.05) is 31.6 Å². The number of ether oxygens (including phenoxy) is 2. The van der Waals surface area contributed by atoms with E-state index in [-0.39, 0.29) is 11.8 Å². The van der Waals surface area contributed by atoms with E-state index in [1.54, 1.807) is 31.5 Å². The molecule has 0 radical (unpaired) electrons. The Labute approximate surface area is 203 Å². The molecule has 10 heteroatoms. The number of amides is 1. The molecule has 1 amide bonds. The van der Waals surface area contributed by atoms with Crippen molar-refractivity contribution in [3.8, 4) is 11.8 Å². The lowest BCUT2D eigenvalue weighted by Gasteiger charge is -2.30. The van der Waals surface area contributed by atoms with E-state index >= 15 is 0 Å². The number of methoxy groups -OCH3 is 1. The molecule has 3 aromatic rings. The maximum absolute atomic E-state index is 12.6. The average molecular weight is 477 g/mol. The number of anilines is 1. The van der Waals surface area contributed by atoms with E-state index in [4.69, 9.17) is 13.9 Å². The van der Waals surface area contributed by atoms with Gasteiger partial charge in [-0.15, -0.1) is 0 Å². The van der Waals surface area contributed by atoms with Crippen molar-refractivity contribution in [1.29, 1.82) is 0 Å². The van der Waals surface area contributed by atoms with Crippen molar-refractivity contribution in [2.45, 2.75) is 33.2 Å². The van der Waals surface area contributed by atoms with Crippen LogP contribution < -0.4 is 14.4 Å². The summed E-state index contributed by atoms with van der Waals surface area (Å²) in [5.41, 5.74) is 4.34. The molecule has 0 N–H and O–H groups in total. The molecule has 10 nitrogen and oxygen atoms in total. The minimum atomic E-state index is -0.105. The third-order valence-corrected chi connectivity index (χ3v) is 6.42. The fourth-order valence-corrected chi connectivity index (χ4v) is 4.54. The second kappa shape index (κ2) is 9.73. The van der Waals surface area contributed by atoms with E-state index in [1.165, 1.54) is 6.26 Å². The Bertz CT molecular complexity index is 1260. The van der Waals surface area contributed by atoms with Gasteiger partial charge in [0.2, 0.25) is 11.8 Å². The van der Waals surface area contributed by atoms with Crippen LogP contribution in [0.2, 0.25) is 0 Å². The number of hydrogen-bond donors (Lipinski definition) is 0. The van der Waals surface area contributed by atoms with Crippen molar-refractivity contribution >= 4 is 11.6 Å². The quantitative estimate of drug-likeness (QED) is 0.496. The Morgan fingerprint density at radius 2 is 2.09 bits per heavy atom. The van der Waals surface area contributed by atoms with Crippen LogP contribution in [-0.4, -0.2) is 57.5 Å². The highest BCUT2D eigenvalue weighted by Gasteiger charge is 2.27. The maximum Gasteiger partial charge on any atom is 0.275 e. The molecule has 2 aliphatic rings. The van der Waals surface area contributed by atoms with Gasteiger partial charge in [0.15, 0.2) is 11.6 Å². The van der Waals surface area contributed by atoms with Gasteiger partial charge >= 0.3 is 0 Å². The molecule has 1 atom stereocenters. The zero-order chi connectivity index (χ0) is 24.4. The van der Waals surface area contributed by atoms with Gasteiger partial charge in [0.25, 0.3) is 5.91 Å². The number of carbonyl (C=O) groups excluding carboxylic acids is 1. The van der Waals surface area contributed by atoms with Crippen LogP contribution in [0.25, 0.3) is 0 Å². The van der Waals surface area contributed by atoms with Crippen LogP contribution >= 0.6 is 0 Å². The first-order valence-electron chi connectivity index (χ1n) is 11.6. The summed E-state index contributed by atoms with van der Waals surface area (Å²) in [6.07, 6.45) is 10.1. The Kier molecular flexibility index (Phi) is 6.35. The van der Waals surface area contributed by atoms with Gasteiger partial charge in [0, 0.05) is 38.5 Å². The summed E-state index contributed by atoms with van der Waals surface area (Å²) in [5, 5.41) is 0. The smallest absolute Gasteiger partial charge is 0.275 e. The Morgan fingerprint density at radius 3 is 2.86 bits per heavy atom. The summed E-state index contributed by atoms with van der Waals surface area (Å²) in [5.74, 6) is 1.77. The highest BCUT2D eigenvalue weighted by Crippen LogP contribution is 2.30. The summed E-state index contributed by atoms with van der Waals surface area (Å²) in [7, 11) is 1.62. The summed E-state index contributed by atoms with van der Waals surface area (Å²) in [4.78, 5) is 34.0. The maximum atomic E-state index is 12.6. The van der Waals surface area contributed by atoms with Crippen LogP contribution in [0.1, 0.15) is 39.6 Å². The molecular weight excluding hydrogens is 448 g/mol. The molecule has 1 unspecified atom stereocenters. The third-order valence-electron chi connectivity index (χ3n) is 6.42. The minimum absolute atomic E-state index is 0.105. The fraction of sp³-hybridized carbons (Fsp3) is 0.400. The van der Waals surface area contributed by atoms with Gasteiger partial charge in [0.05, 0.1) is 43.1 Å². The topological polar surface area (TPSA) is 107 Å². The Balaban J connectivity index is 1.23.